The summed E-state index contributed by atoms with van der Waals surface area (Å²) in [6, 6.07) is 24.6. The fourth-order valence-electron chi connectivity index (χ4n) is 10.6. The Balaban J connectivity index is 0.0000112. The molecule has 0 atom stereocenters. The van der Waals surface area contributed by atoms with Gasteiger partial charge in [-0.25, -0.2) is 11.6 Å². The van der Waals surface area contributed by atoms with Gasteiger partial charge in [0, 0.05) is 0 Å². The second-order valence-electron chi connectivity index (χ2n) is 21.4. The smallest absolute Gasteiger partial charge is 1.00 e. The van der Waals surface area contributed by atoms with Gasteiger partial charge >= 0.3 is 21.7 Å². The largest absolute Gasteiger partial charge is 4.00 e. The summed E-state index contributed by atoms with van der Waals surface area (Å²) in [6.07, 6.45) is 46.6. The molecule has 3 aromatic rings. The van der Waals surface area contributed by atoms with Crippen molar-refractivity contribution in [3.8, 4) is 0 Å². The molecule has 380 valence electrons. The van der Waals surface area contributed by atoms with Gasteiger partial charge in [0.1, 0.15) is 0 Å². The molecule has 0 aliphatic heterocycles. The van der Waals surface area contributed by atoms with Crippen LogP contribution < -0.4 is 52.8 Å². The summed E-state index contributed by atoms with van der Waals surface area (Å²) >= 11 is 0. The number of allylic oxidation sites excluding steroid dienone is 4. The first kappa shape index (κ1) is 66.9. The number of benzene rings is 3. The van der Waals surface area contributed by atoms with E-state index in [0.717, 1.165) is 6.42 Å². The van der Waals surface area contributed by atoms with Gasteiger partial charge in [-0.1, -0.05) is 239 Å². The number of aryl methyl sites for hydroxylation is 6. The van der Waals surface area contributed by atoms with Crippen molar-refractivity contribution < 1.29 is 58.9 Å². The molecule has 0 unspecified atom stereocenters. The van der Waals surface area contributed by atoms with Crippen LogP contribution in [0.25, 0.3) is 0 Å². The van der Waals surface area contributed by atoms with Crippen molar-refractivity contribution in [3.05, 3.63) is 111 Å². The minimum atomic E-state index is -2.87. The van der Waals surface area contributed by atoms with E-state index >= 15 is 0 Å². The monoisotopic (exact) mass is 1040 g/mol. The molecule has 0 spiro atoms. The Hall–Kier alpha value is -1.06. The van der Waals surface area contributed by atoms with Gasteiger partial charge in [0.25, 0.3) is 0 Å². The van der Waals surface area contributed by atoms with Gasteiger partial charge in [0.05, 0.1) is 0 Å². The van der Waals surface area contributed by atoms with Crippen LogP contribution in [0.2, 0.25) is 0 Å². The Labute approximate surface area is 456 Å². The standard InChI is InChI=1S/C63H99Si.3ClH.Ti/c1-10-16-22-28-34-52-42-53(35-29-23-17-11-2)46-60(45-52)64(59-41-40-58(51-59)63(7,8)9,61-47-54(36-30-24-18-12-3)43-55(48-61)37-31-25-19-13-4)62-49-56(38-32-26-20-14-5)44-57(50-62)39-33-27-21-15-6;;;;/h40,42-50H,10-39,41H2,1-9H3;3*1H;/q-1;;;;+4/p-3. The molecule has 0 heterocycles. The van der Waals surface area contributed by atoms with E-state index in [1.54, 1.807) is 54.1 Å². The van der Waals surface area contributed by atoms with E-state index in [4.69, 9.17) is 0 Å². The van der Waals surface area contributed by atoms with Crippen molar-refractivity contribution in [3.63, 3.8) is 0 Å². The van der Waals surface area contributed by atoms with Crippen LogP contribution in [0.5, 0.6) is 0 Å². The molecular weight excluding hydrogens is 939 g/mol. The van der Waals surface area contributed by atoms with Gasteiger partial charge in [-0.05, 0) is 131 Å². The Morgan fingerprint density at radius 2 is 0.603 bits per heavy atom. The molecule has 1 aliphatic rings. The predicted molar refractivity (Wildman–Crippen MR) is 290 cm³/mol. The average Bonchev–Trinajstić information content (AvgIpc) is 3.79. The molecule has 0 bridgehead atoms. The molecule has 0 radical (unpaired) electrons. The average molecular weight is 1040 g/mol. The zero-order valence-corrected chi connectivity index (χ0v) is 50.2. The number of unbranched alkanes of at least 4 members (excludes halogenated alkanes) is 18. The fraction of sp³-hybridized carbons (Fsp3) is 0.651. The van der Waals surface area contributed by atoms with Crippen LogP contribution in [-0.2, 0) is 60.2 Å². The number of halogens is 3. The first-order valence-electron chi connectivity index (χ1n) is 27.9. The third-order valence-electron chi connectivity index (χ3n) is 14.4. The van der Waals surface area contributed by atoms with Crippen LogP contribution in [0.3, 0.4) is 0 Å². The second kappa shape index (κ2) is 37.7. The van der Waals surface area contributed by atoms with Crippen LogP contribution in [0.1, 0.15) is 256 Å². The molecule has 0 saturated carbocycles. The van der Waals surface area contributed by atoms with Gasteiger partial charge in [-0.2, -0.15) is 5.20 Å². The van der Waals surface area contributed by atoms with E-state index in [-0.39, 0.29) is 64.4 Å². The summed E-state index contributed by atoms with van der Waals surface area (Å²) in [6.45, 7) is 21.4. The van der Waals surface area contributed by atoms with Gasteiger partial charge < -0.3 is 37.2 Å². The Morgan fingerprint density at radius 3 is 0.794 bits per heavy atom. The Morgan fingerprint density at radius 1 is 0.368 bits per heavy atom. The summed E-state index contributed by atoms with van der Waals surface area (Å²) in [5.74, 6) is 0. The number of rotatable bonds is 34. The van der Waals surface area contributed by atoms with Crippen molar-refractivity contribution in [1.82, 2.24) is 0 Å². The molecule has 0 nitrogen and oxygen atoms in total. The van der Waals surface area contributed by atoms with Crippen molar-refractivity contribution in [2.45, 2.75) is 261 Å². The van der Waals surface area contributed by atoms with E-state index in [9.17, 15) is 0 Å². The summed E-state index contributed by atoms with van der Waals surface area (Å²) in [7, 11) is -2.87. The third kappa shape index (κ3) is 22.0. The van der Waals surface area contributed by atoms with Crippen LogP contribution in [-0.4, -0.2) is 8.07 Å². The van der Waals surface area contributed by atoms with Crippen molar-refractivity contribution in [1.29, 1.82) is 0 Å². The number of hydrogen-bond donors (Lipinski definition) is 0. The molecular formula is C63H99Cl3SiTi. The minimum Gasteiger partial charge on any atom is -1.00 e. The molecule has 0 fully saturated rings. The first-order chi connectivity index (χ1) is 31.1. The molecule has 68 heavy (non-hydrogen) atoms. The van der Waals surface area contributed by atoms with Gasteiger partial charge in [-0.3, -0.25) is 6.08 Å². The number of hydrogen-bond acceptors (Lipinski definition) is 0. The molecule has 0 saturated heterocycles. The van der Waals surface area contributed by atoms with Crippen LogP contribution >= 0.6 is 0 Å². The van der Waals surface area contributed by atoms with Crippen molar-refractivity contribution >= 4 is 23.6 Å². The summed E-state index contributed by atoms with van der Waals surface area (Å²) in [5, 5.41) is 6.56. The van der Waals surface area contributed by atoms with Crippen LogP contribution in [0, 0.1) is 11.5 Å². The van der Waals surface area contributed by atoms with Gasteiger partial charge in [0.2, 0.25) is 0 Å². The molecule has 0 N–H and O–H groups in total. The maximum atomic E-state index is 4.38. The summed E-state index contributed by atoms with van der Waals surface area (Å²) < 4.78 is 0. The minimum absolute atomic E-state index is 0. The van der Waals surface area contributed by atoms with E-state index in [0.29, 0.717) is 0 Å². The van der Waals surface area contributed by atoms with E-state index < -0.39 is 8.07 Å². The maximum absolute atomic E-state index is 4.38. The SMILES string of the molecule is CCCCCCc1cc(CCCCCC)cc([Si](C2=[C-]C(C(C)(C)C)=CC2)(c2cc(CCCCCC)cc(CCCCCC)c2)c2cc(CCCCCC)cc(CCCCCC)c2)c1.[Cl-].[Cl-].[Cl-].[Ti+4]. The summed E-state index contributed by atoms with van der Waals surface area (Å²) in [5.41, 5.74) is 11.0. The Bertz CT molecular complexity index is 1570. The van der Waals surface area contributed by atoms with E-state index in [2.05, 4.69) is 129 Å². The van der Waals surface area contributed by atoms with Gasteiger partial charge in [0.15, 0.2) is 8.07 Å². The van der Waals surface area contributed by atoms with E-state index in [1.807, 2.05) is 0 Å². The fourth-order valence-corrected chi connectivity index (χ4v) is 15.8. The predicted octanol–water partition coefficient (Wildman–Crippen LogP) is 8.55. The maximum Gasteiger partial charge on any atom is 4.00 e. The molecule has 5 heteroatoms. The zero-order chi connectivity index (χ0) is 46.0. The quantitative estimate of drug-likeness (QED) is 0.0244. The van der Waals surface area contributed by atoms with Crippen LogP contribution in [0.15, 0.2) is 71.4 Å². The molecule has 0 amide bonds. The molecule has 4 rings (SSSR count). The zero-order valence-electron chi connectivity index (χ0n) is 45.3. The normalized spacial score (nSPS) is 12.4. The molecule has 3 aromatic carbocycles. The topological polar surface area (TPSA) is 0 Å². The van der Waals surface area contributed by atoms with Crippen molar-refractivity contribution in [2.75, 3.05) is 0 Å². The summed E-state index contributed by atoms with van der Waals surface area (Å²) in [4.78, 5) is 0. The first-order valence-corrected chi connectivity index (χ1v) is 29.9. The molecule has 1 aliphatic carbocycles. The van der Waals surface area contributed by atoms with E-state index in [1.165, 1.54) is 198 Å². The van der Waals surface area contributed by atoms with Crippen LogP contribution in [0.4, 0.5) is 0 Å². The molecule has 0 aromatic heterocycles. The third-order valence-corrected chi connectivity index (χ3v) is 19.1. The van der Waals surface area contributed by atoms with Gasteiger partial charge in [-0.15, -0.1) is 0 Å². The Kier molecular flexibility index (Phi) is 37.1. The second-order valence-corrected chi connectivity index (χ2v) is 25.2. The van der Waals surface area contributed by atoms with Crippen molar-refractivity contribution in [2.24, 2.45) is 5.41 Å².